The number of amides is 1. The highest BCUT2D eigenvalue weighted by Gasteiger charge is 2.61. The van der Waals surface area contributed by atoms with Gasteiger partial charge in [-0.15, -0.1) is 0 Å². The minimum atomic E-state index is -2.25. The predicted molar refractivity (Wildman–Crippen MR) is 135 cm³/mol. The zero-order valence-corrected chi connectivity index (χ0v) is 22.7. The maximum atomic E-state index is 13.7. The molecule has 1 aliphatic carbocycles. The standard InChI is InChI=1S/C28H35NO10/c1-26(2,33)8-9-28(34,14-22(31)36-4)25(32)39-24-20(35-3)13-27-7-5-21(30)29(27)10-6-16-11-18-19(38-15-37-18)12-17(16)23(24)27/h11-13,23-24,33-34H,5-10,14-15H2,1-4H3/t23-,24-,27+,28-/m1/s1. The Balaban J connectivity index is 1.56. The molecule has 3 aliphatic heterocycles. The van der Waals surface area contributed by atoms with Gasteiger partial charge in [0, 0.05) is 13.0 Å². The molecular formula is C28H35NO10. The molecule has 212 valence electrons. The second-order valence-electron chi connectivity index (χ2n) is 11.3. The van der Waals surface area contributed by atoms with Gasteiger partial charge in [0.1, 0.15) is 5.76 Å². The number of ether oxygens (including phenoxy) is 5. The van der Waals surface area contributed by atoms with Gasteiger partial charge in [-0.2, -0.15) is 0 Å². The number of fused-ring (bicyclic) bond motifs is 3. The van der Waals surface area contributed by atoms with E-state index in [0.29, 0.717) is 43.1 Å². The fourth-order valence-corrected chi connectivity index (χ4v) is 6.24. The summed E-state index contributed by atoms with van der Waals surface area (Å²) in [4.78, 5) is 40.8. The Kier molecular flexibility index (Phi) is 6.79. The summed E-state index contributed by atoms with van der Waals surface area (Å²) in [5, 5.41) is 21.7. The highest BCUT2D eigenvalue weighted by molar-refractivity contribution is 5.86. The van der Waals surface area contributed by atoms with Gasteiger partial charge in [0.15, 0.2) is 23.2 Å². The van der Waals surface area contributed by atoms with Crippen molar-refractivity contribution >= 4 is 17.8 Å². The summed E-state index contributed by atoms with van der Waals surface area (Å²) in [6.45, 7) is 3.65. The van der Waals surface area contributed by atoms with Gasteiger partial charge >= 0.3 is 11.9 Å². The van der Waals surface area contributed by atoms with Crippen LogP contribution in [-0.4, -0.2) is 83.4 Å². The van der Waals surface area contributed by atoms with Crippen molar-refractivity contribution in [2.45, 2.75) is 81.1 Å². The fourth-order valence-electron chi connectivity index (χ4n) is 6.24. The number of methoxy groups -OCH3 is 2. The van der Waals surface area contributed by atoms with E-state index in [-0.39, 0.29) is 25.5 Å². The van der Waals surface area contributed by atoms with Gasteiger partial charge in [-0.1, -0.05) is 0 Å². The number of benzene rings is 1. The van der Waals surface area contributed by atoms with Crippen molar-refractivity contribution < 1.29 is 48.3 Å². The zero-order valence-electron chi connectivity index (χ0n) is 22.7. The summed E-state index contributed by atoms with van der Waals surface area (Å²) in [6, 6.07) is 3.77. The van der Waals surface area contributed by atoms with E-state index >= 15 is 0 Å². The lowest BCUT2D eigenvalue weighted by Gasteiger charge is -2.39. The number of nitrogens with zero attached hydrogens (tertiary/aromatic N) is 1. The number of hydrogen-bond acceptors (Lipinski definition) is 10. The molecule has 4 atom stereocenters. The first-order chi connectivity index (χ1) is 18.4. The van der Waals surface area contributed by atoms with Crippen LogP contribution in [0.25, 0.3) is 0 Å². The average Bonchev–Trinajstić information content (AvgIpc) is 3.53. The van der Waals surface area contributed by atoms with Crippen molar-refractivity contribution in [1.82, 2.24) is 4.90 Å². The number of hydrogen-bond donors (Lipinski definition) is 2. The van der Waals surface area contributed by atoms with Crippen LogP contribution >= 0.6 is 0 Å². The molecule has 1 aromatic rings. The van der Waals surface area contributed by atoms with E-state index in [2.05, 4.69) is 0 Å². The number of aliphatic hydroxyl groups is 2. The smallest absolute Gasteiger partial charge is 0.339 e. The molecule has 5 rings (SSSR count). The van der Waals surface area contributed by atoms with E-state index < -0.39 is 47.1 Å². The molecule has 1 saturated heterocycles. The SMILES string of the molecule is COC(=O)C[C@](O)(CCC(C)(C)O)C(=O)O[C@@H]1C(OC)=C[C@]23CCC(=O)N2CCc2cc4c(cc2[C@H]13)OCO4. The third-order valence-corrected chi connectivity index (χ3v) is 8.30. The van der Waals surface area contributed by atoms with Crippen LogP contribution in [0.1, 0.15) is 63.0 Å². The molecule has 1 spiro atoms. The maximum absolute atomic E-state index is 13.7. The monoisotopic (exact) mass is 545 g/mol. The molecule has 1 amide bonds. The predicted octanol–water partition coefficient (Wildman–Crippen LogP) is 1.72. The van der Waals surface area contributed by atoms with Crippen LogP contribution in [0, 0.1) is 0 Å². The zero-order chi connectivity index (χ0) is 28.2. The van der Waals surface area contributed by atoms with Crippen LogP contribution in [0.4, 0.5) is 0 Å². The van der Waals surface area contributed by atoms with Crippen molar-refractivity contribution in [3.63, 3.8) is 0 Å². The molecule has 11 nitrogen and oxygen atoms in total. The van der Waals surface area contributed by atoms with Crippen molar-refractivity contribution in [1.29, 1.82) is 0 Å². The van der Waals surface area contributed by atoms with Crippen LogP contribution in [-0.2, 0) is 35.0 Å². The summed E-state index contributed by atoms with van der Waals surface area (Å²) in [6.07, 6.45) is 1.40. The molecule has 0 saturated carbocycles. The lowest BCUT2D eigenvalue weighted by atomic mass is 9.77. The summed E-state index contributed by atoms with van der Waals surface area (Å²) in [5.41, 5.74) is -2.49. The average molecular weight is 546 g/mol. The van der Waals surface area contributed by atoms with Gasteiger partial charge in [0.25, 0.3) is 0 Å². The number of carbonyl (C=O) groups excluding carboxylic acids is 3. The van der Waals surface area contributed by atoms with Crippen molar-refractivity contribution in [2.75, 3.05) is 27.6 Å². The Hall–Kier alpha value is -3.31. The minimum Gasteiger partial charge on any atom is -0.497 e. The van der Waals surface area contributed by atoms with Crippen molar-refractivity contribution in [3.05, 3.63) is 35.1 Å². The molecule has 0 unspecified atom stereocenters. The van der Waals surface area contributed by atoms with Crippen LogP contribution in [0.3, 0.4) is 0 Å². The third kappa shape index (κ3) is 4.71. The van der Waals surface area contributed by atoms with E-state index in [4.69, 9.17) is 23.7 Å². The Morgan fingerprint density at radius 2 is 1.85 bits per heavy atom. The van der Waals surface area contributed by atoms with Gasteiger partial charge in [-0.05, 0) is 68.9 Å². The first-order valence-corrected chi connectivity index (χ1v) is 13.1. The molecule has 0 radical (unpaired) electrons. The number of rotatable bonds is 8. The molecular weight excluding hydrogens is 510 g/mol. The molecule has 0 bridgehead atoms. The Bertz CT molecular complexity index is 1220. The summed E-state index contributed by atoms with van der Waals surface area (Å²) < 4.78 is 27.7. The topological polar surface area (TPSA) is 141 Å². The Labute approximate surface area is 226 Å². The third-order valence-electron chi connectivity index (χ3n) is 8.30. The van der Waals surface area contributed by atoms with Crippen molar-refractivity contribution in [2.24, 2.45) is 0 Å². The highest BCUT2D eigenvalue weighted by Crippen LogP contribution is 2.56. The molecule has 4 aliphatic rings. The molecule has 1 aromatic carbocycles. The molecule has 0 aromatic heterocycles. The van der Waals surface area contributed by atoms with Crippen LogP contribution in [0.5, 0.6) is 11.5 Å². The van der Waals surface area contributed by atoms with E-state index in [1.54, 1.807) is 13.8 Å². The molecule has 11 heteroatoms. The largest absolute Gasteiger partial charge is 0.497 e. The Morgan fingerprint density at radius 3 is 2.51 bits per heavy atom. The lowest BCUT2D eigenvalue weighted by Crippen LogP contribution is -2.50. The van der Waals surface area contributed by atoms with Crippen LogP contribution < -0.4 is 9.47 Å². The van der Waals surface area contributed by atoms with E-state index in [0.717, 1.165) is 18.2 Å². The van der Waals surface area contributed by atoms with Gasteiger partial charge in [0.05, 0.1) is 37.7 Å². The summed E-state index contributed by atoms with van der Waals surface area (Å²) in [5.74, 6) is -0.862. The van der Waals surface area contributed by atoms with E-state index in [1.165, 1.54) is 7.11 Å². The fraction of sp³-hybridized carbons (Fsp3) is 0.607. The second-order valence-corrected chi connectivity index (χ2v) is 11.3. The van der Waals surface area contributed by atoms with Gasteiger partial charge in [-0.3, -0.25) is 9.59 Å². The van der Waals surface area contributed by atoms with Crippen molar-refractivity contribution in [3.8, 4) is 11.5 Å². The number of carbonyl (C=O) groups is 3. The maximum Gasteiger partial charge on any atom is 0.339 e. The summed E-state index contributed by atoms with van der Waals surface area (Å²) in [7, 11) is 2.63. The minimum absolute atomic E-state index is 0.00102. The van der Waals surface area contributed by atoms with E-state index in [9.17, 15) is 24.6 Å². The first kappa shape index (κ1) is 27.3. The van der Waals surface area contributed by atoms with Gasteiger partial charge in [-0.25, -0.2) is 4.79 Å². The van der Waals surface area contributed by atoms with Crippen LogP contribution in [0.2, 0.25) is 0 Å². The van der Waals surface area contributed by atoms with Gasteiger partial charge < -0.3 is 38.8 Å². The normalized spacial score (nSPS) is 26.6. The molecule has 1 fully saturated rings. The second kappa shape index (κ2) is 9.71. The molecule has 3 heterocycles. The lowest BCUT2D eigenvalue weighted by molar-refractivity contribution is -0.179. The van der Waals surface area contributed by atoms with E-state index in [1.807, 2.05) is 23.1 Å². The number of esters is 2. The molecule has 39 heavy (non-hydrogen) atoms. The highest BCUT2D eigenvalue weighted by atomic mass is 16.7. The summed E-state index contributed by atoms with van der Waals surface area (Å²) >= 11 is 0. The quantitative estimate of drug-likeness (QED) is 0.464. The van der Waals surface area contributed by atoms with Crippen LogP contribution in [0.15, 0.2) is 24.0 Å². The first-order valence-electron chi connectivity index (χ1n) is 13.1. The Morgan fingerprint density at radius 1 is 1.13 bits per heavy atom. The van der Waals surface area contributed by atoms with Gasteiger partial charge in [0.2, 0.25) is 12.7 Å². The molecule has 2 N–H and O–H groups in total.